The number of hydrogen-bond acceptors (Lipinski definition) is 2. The molecule has 1 heterocycles. The Hall–Kier alpha value is -2.55. The summed E-state index contributed by atoms with van der Waals surface area (Å²) in [7, 11) is 0. The summed E-state index contributed by atoms with van der Waals surface area (Å²) in [4.78, 5) is 0. The van der Waals surface area contributed by atoms with Crippen LogP contribution >= 0.6 is 0 Å². The van der Waals surface area contributed by atoms with Crippen molar-refractivity contribution >= 4 is 5.82 Å². The van der Waals surface area contributed by atoms with Gasteiger partial charge < -0.3 is 5.73 Å². The highest BCUT2D eigenvalue weighted by Crippen LogP contribution is 2.45. The number of nitrogens with two attached hydrogens (primary N) is 1. The molecule has 3 heteroatoms. The van der Waals surface area contributed by atoms with E-state index in [-0.39, 0.29) is 6.04 Å². The molecule has 0 aliphatic heterocycles. The van der Waals surface area contributed by atoms with Crippen molar-refractivity contribution in [2.24, 2.45) is 0 Å². The first-order valence-electron chi connectivity index (χ1n) is 6.75. The lowest BCUT2D eigenvalue weighted by atomic mass is 10.1. The summed E-state index contributed by atoms with van der Waals surface area (Å²) in [5, 5.41) is 4.58. The monoisotopic (exact) mass is 261 g/mol. The molecule has 2 aromatic carbocycles. The molecule has 0 amide bonds. The van der Waals surface area contributed by atoms with Gasteiger partial charge >= 0.3 is 0 Å². The minimum absolute atomic E-state index is 0.0797. The zero-order valence-corrected chi connectivity index (χ0v) is 11.2. The molecule has 3 aromatic rings. The van der Waals surface area contributed by atoms with Gasteiger partial charge in [-0.15, -0.1) is 0 Å². The summed E-state index contributed by atoms with van der Waals surface area (Å²) in [6, 6.07) is 19.0. The Balaban J connectivity index is 2.03. The third-order valence-corrected chi connectivity index (χ3v) is 3.93. The van der Waals surface area contributed by atoms with Gasteiger partial charge in [0.15, 0.2) is 0 Å². The second-order valence-corrected chi connectivity index (χ2v) is 5.23. The van der Waals surface area contributed by atoms with Crippen LogP contribution in [-0.4, -0.2) is 9.78 Å². The fourth-order valence-electron chi connectivity index (χ4n) is 3.14. The van der Waals surface area contributed by atoms with E-state index in [1.807, 2.05) is 17.7 Å². The zero-order valence-electron chi connectivity index (χ0n) is 11.2. The first kappa shape index (κ1) is 11.3. The quantitative estimate of drug-likeness (QED) is 0.570. The highest BCUT2D eigenvalue weighted by molar-refractivity contribution is 5.78. The van der Waals surface area contributed by atoms with Crippen molar-refractivity contribution in [3.8, 4) is 11.1 Å². The van der Waals surface area contributed by atoms with Gasteiger partial charge in [-0.3, -0.25) is 0 Å². The summed E-state index contributed by atoms with van der Waals surface area (Å²) in [5.74, 6) is 0.707. The van der Waals surface area contributed by atoms with Crippen molar-refractivity contribution in [2.75, 3.05) is 5.73 Å². The number of hydrogen-bond donors (Lipinski definition) is 1. The standard InChI is InChI=1S/C17H15N3/c1-11-10-16(18)20(19-11)17-14-8-4-2-6-12(14)13-7-3-5-9-15(13)17/h2-10,17H,18H2,1H3. The van der Waals surface area contributed by atoms with Gasteiger partial charge in [0.2, 0.25) is 0 Å². The van der Waals surface area contributed by atoms with Crippen molar-refractivity contribution in [1.29, 1.82) is 0 Å². The molecular formula is C17H15N3. The summed E-state index contributed by atoms with van der Waals surface area (Å²) in [5.41, 5.74) is 12.2. The van der Waals surface area contributed by atoms with E-state index in [9.17, 15) is 0 Å². The van der Waals surface area contributed by atoms with Crippen molar-refractivity contribution < 1.29 is 0 Å². The molecule has 1 aliphatic rings. The molecule has 4 rings (SSSR count). The molecule has 0 saturated heterocycles. The van der Waals surface area contributed by atoms with Crippen LogP contribution in [0.25, 0.3) is 11.1 Å². The molecule has 0 atom stereocenters. The van der Waals surface area contributed by atoms with Crippen LogP contribution in [-0.2, 0) is 0 Å². The number of nitrogen functional groups attached to an aromatic ring is 1. The van der Waals surface area contributed by atoms with Gasteiger partial charge in [0.1, 0.15) is 11.9 Å². The third-order valence-electron chi connectivity index (χ3n) is 3.93. The maximum Gasteiger partial charge on any atom is 0.123 e. The molecule has 1 aliphatic carbocycles. The van der Waals surface area contributed by atoms with Crippen LogP contribution in [0.5, 0.6) is 0 Å². The van der Waals surface area contributed by atoms with E-state index in [4.69, 9.17) is 5.73 Å². The van der Waals surface area contributed by atoms with Gasteiger partial charge in [-0.1, -0.05) is 48.5 Å². The number of nitrogens with zero attached hydrogens (tertiary/aromatic N) is 2. The van der Waals surface area contributed by atoms with Crippen LogP contribution in [0.2, 0.25) is 0 Å². The summed E-state index contributed by atoms with van der Waals surface area (Å²) >= 11 is 0. The maximum absolute atomic E-state index is 6.14. The van der Waals surface area contributed by atoms with E-state index in [0.29, 0.717) is 5.82 Å². The van der Waals surface area contributed by atoms with Gasteiger partial charge in [0.25, 0.3) is 0 Å². The van der Waals surface area contributed by atoms with Crippen molar-refractivity contribution in [3.05, 3.63) is 71.4 Å². The van der Waals surface area contributed by atoms with Crippen molar-refractivity contribution in [3.63, 3.8) is 0 Å². The van der Waals surface area contributed by atoms with Crippen molar-refractivity contribution in [1.82, 2.24) is 9.78 Å². The Morgan fingerprint density at radius 2 is 1.50 bits per heavy atom. The lowest BCUT2D eigenvalue weighted by molar-refractivity contribution is 0.610. The average molecular weight is 261 g/mol. The number of fused-ring (bicyclic) bond motifs is 3. The van der Waals surface area contributed by atoms with Crippen LogP contribution < -0.4 is 5.73 Å². The van der Waals surface area contributed by atoms with E-state index >= 15 is 0 Å². The SMILES string of the molecule is Cc1cc(N)n(C2c3ccccc3-c3ccccc32)n1. The van der Waals surface area contributed by atoms with Gasteiger partial charge in [-0.2, -0.15) is 5.10 Å². The number of rotatable bonds is 1. The normalized spacial score (nSPS) is 13.2. The molecule has 98 valence electrons. The van der Waals surface area contributed by atoms with Crippen LogP contribution in [0.15, 0.2) is 54.6 Å². The zero-order chi connectivity index (χ0) is 13.7. The minimum Gasteiger partial charge on any atom is -0.384 e. The van der Waals surface area contributed by atoms with Gasteiger partial charge in [-0.05, 0) is 29.2 Å². The summed E-state index contributed by atoms with van der Waals surface area (Å²) in [6.45, 7) is 1.97. The lowest BCUT2D eigenvalue weighted by Crippen LogP contribution is -2.13. The minimum atomic E-state index is 0.0797. The van der Waals surface area contributed by atoms with Crippen LogP contribution in [0, 0.1) is 6.92 Å². The molecule has 1 aromatic heterocycles. The molecule has 0 radical (unpaired) electrons. The first-order valence-corrected chi connectivity index (χ1v) is 6.75. The smallest absolute Gasteiger partial charge is 0.123 e. The maximum atomic E-state index is 6.14. The first-order chi connectivity index (χ1) is 9.75. The van der Waals surface area contributed by atoms with E-state index in [2.05, 4.69) is 53.6 Å². The summed E-state index contributed by atoms with van der Waals surface area (Å²) in [6.07, 6.45) is 0. The fourth-order valence-corrected chi connectivity index (χ4v) is 3.14. The number of aromatic nitrogens is 2. The van der Waals surface area contributed by atoms with Gasteiger partial charge in [0, 0.05) is 6.07 Å². The van der Waals surface area contributed by atoms with Gasteiger partial charge in [-0.25, -0.2) is 4.68 Å². The highest BCUT2D eigenvalue weighted by Gasteiger charge is 2.30. The molecular weight excluding hydrogens is 246 g/mol. The average Bonchev–Trinajstić information content (AvgIpc) is 2.96. The summed E-state index contributed by atoms with van der Waals surface area (Å²) < 4.78 is 1.93. The van der Waals surface area contributed by atoms with Crippen LogP contribution in [0.4, 0.5) is 5.82 Å². The van der Waals surface area contributed by atoms with E-state index in [0.717, 1.165) is 5.69 Å². The Kier molecular flexibility index (Phi) is 2.24. The second kappa shape index (κ2) is 3.97. The predicted octanol–water partition coefficient (Wildman–Crippen LogP) is 3.39. The van der Waals surface area contributed by atoms with Crippen molar-refractivity contribution in [2.45, 2.75) is 13.0 Å². The molecule has 2 N–H and O–H groups in total. The Morgan fingerprint density at radius 1 is 0.950 bits per heavy atom. The Morgan fingerprint density at radius 3 is 2.00 bits per heavy atom. The van der Waals surface area contributed by atoms with Gasteiger partial charge in [0.05, 0.1) is 5.69 Å². The largest absolute Gasteiger partial charge is 0.384 e. The fraction of sp³-hybridized carbons (Fsp3) is 0.118. The van der Waals surface area contributed by atoms with E-state index in [1.165, 1.54) is 22.3 Å². The highest BCUT2D eigenvalue weighted by atomic mass is 15.3. The molecule has 0 bridgehead atoms. The number of aryl methyl sites for hydroxylation is 1. The molecule has 0 saturated carbocycles. The Labute approximate surface area is 117 Å². The molecule has 3 nitrogen and oxygen atoms in total. The van der Waals surface area contributed by atoms with Crippen LogP contribution in [0.1, 0.15) is 22.9 Å². The number of benzene rings is 2. The van der Waals surface area contributed by atoms with E-state index in [1.54, 1.807) is 0 Å². The third kappa shape index (κ3) is 1.43. The molecule has 20 heavy (non-hydrogen) atoms. The van der Waals surface area contributed by atoms with E-state index < -0.39 is 0 Å². The predicted molar refractivity (Wildman–Crippen MR) is 80.5 cm³/mol. The Bertz CT molecular complexity index is 756. The molecule has 0 unspecified atom stereocenters. The van der Waals surface area contributed by atoms with Crippen LogP contribution in [0.3, 0.4) is 0 Å². The molecule has 0 spiro atoms. The second-order valence-electron chi connectivity index (χ2n) is 5.23. The topological polar surface area (TPSA) is 43.8 Å². The molecule has 0 fully saturated rings. The number of anilines is 1. The lowest BCUT2D eigenvalue weighted by Gasteiger charge is -2.15.